The fourth-order valence-electron chi connectivity index (χ4n) is 1.73. The van der Waals surface area contributed by atoms with Crippen molar-refractivity contribution in [2.24, 2.45) is 0 Å². The van der Waals surface area contributed by atoms with E-state index in [9.17, 15) is 9.90 Å². The zero-order valence-electron chi connectivity index (χ0n) is 10.6. The molecule has 3 nitrogen and oxygen atoms in total. The molecule has 96 valence electrons. The van der Waals surface area contributed by atoms with E-state index in [1.54, 1.807) is 25.2 Å². The molecular formula is C14H17NO2S. The highest BCUT2D eigenvalue weighted by molar-refractivity contribution is 7.19. The molecule has 4 heteroatoms. The minimum absolute atomic E-state index is 0.0450. The van der Waals surface area contributed by atoms with Crippen LogP contribution in [0.3, 0.4) is 0 Å². The topological polar surface area (TPSA) is 49.3 Å². The number of hydrogen-bond acceptors (Lipinski definition) is 3. The maximum Gasteiger partial charge on any atom is 0.219 e. The molecule has 0 radical (unpaired) electrons. The van der Waals surface area contributed by atoms with Gasteiger partial charge in [-0.1, -0.05) is 25.1 Å². The molecule has 0 bridgehead atoms. The molecule has 18 heavy (non-hydrogen) atoms. The molecule has 1 atom stereocenters. The summed E-state index contributed by atoms with van der Waals surface area (Å²) in [5.74, 6) is -0.0450. The van der Waals surface area contributed by atoms with Crippen molar-refractivity contribution in [2.45, 2.75) is 25.9 Å². The van der Waals surface area contributed by atoms with E-state index < -0.39 is 5.60 Å². The Balaban J connectivity index is 2.20. The Morgan fingerprint density at radius 1 is 1.44 bits per heavy atom. The average Bonchev–Trinajstić information content (AvgIpc) is 2.80. The van der Waals surface area contributed by atoms with Crippen molar-refractivity contribution in [3.05, 3.63) is 35.2 Å². The van der Waals surface area contributed by atoms with Crippen LogP contribution in [-0.4, -0.2) is 17.6 Å². The second kappa shape index (κ2) is 5.08. The average molecular weight is 263 g/mol. The summed E-state index contributed by atoms with van der Waals surface area (Å²) in [6.45, 7) is 3.77. The van der Waals surface area contributed by atoms with Crippen LogP contribution >= 0.6 is 11.3 Å². The Hall–Kier alpha value is -1.39. The van der Waals surface area contributed by atoms with Gasteiger partial charge in [-0.25, -0.2) is 0 Å². The lowest BCUT2D eigenvalue weighted by Crippen LogP contribution is -2.37. The van der Waals surface area contributed by atoms with Crippen molar-refractivity contribution >= 4 is 27.3 Å². The van der Waals surface area contributed by atoms with E-state index in [1.807, 2.05) is 30.3 Å². The zero-order chi connectivity index (χ0) is 13.2. The van der Waals surface area contributed by atoms with Crippen LogP contribution in [0.5, 0.6) is 0 Å². The van der Waals surface area contributed by atoms with Crippen LogP contribution in [0.4, 0.5) is 0 Å². The summed E-state index contributed by atoms with van der Waals surface area (Å²) in [6, 6.07) is 10.0. The SMILES string of the molecule is CCC(=O)NCC(C)(O)c1cc2ccccc2s1. The third-order valence-corrected chi connectivity index (χ3v) is 4.28. The van der Waals surface area contributed by atoms with Crippen LogP contribution in [0.15, 0.2) is 30.3 Å². The van der Waals surface area contributed by atoms with Crippen molar-refractivity contribution in [2.75, 3.05) is 6.54 Å². The van der Waals surface area contributed by atoms with E-state index in [-0.39, 0.29) is 12.5 Å². The summed E-state index contributed by atoms with van der Waals surface area (Å²) < 4.78 is 1.15. The number of aliphatic hydroxyl groups is 1. The number of thiophene rings is 1. The van der Waals surface area contributed by atoms with Gasteiger partial charge in [0.1, 0.15) is 5.60 Å². The van der Waals surface area contributed by atoms with Crippen LogP contribution in [0.25, 0.3) is 10.1 Å². The van der Waals surface area contributed by atoms with Crippen LogP contribution in [0.1, 0.15) is 25.1 Å². The van der Waals surface area contributed by atoms with Crippen molar-refractivity contribution in [3.8, 4) is 0 Å². The van der Waals surface area contributed by atoms with Gasteiger partial charge in [0.25, 0.3) is 0 Å². The molecule has 0 fully saturated rings. The van der Waals surface area contributed by atoms with E-state index in [0.717, 1.165) is 15.0 Å². The standard InChI is InChI=1S/C14H17NO2S/c1-3-13(16)15-9-14(2,17)12-8-10-6-4-5-7-11(10)18-12/h4-8,17H,3,9H2,1-2H3,(H,15,16). The third-order valence-electron chi connectivity index (χ3n) is 2.91. The highest BCUT2D eigenvalue weighted by atomic mass is 32.1. The molecule has 1 aromatic carbocycles. The minimum Gasteiger partial charge on any atom is -0.383 e. The first-order valence-electron chi connectivity index (χ1n) is 6.01. The molecule has 1 aromatic heterocycles. The first-order valence-corrected chi connectivity index (χ1v) is 6.82. The Kier molecular flexibility index (Phi) is 3.68. The van der Waals surface area contributed by atoms with E-state index in [2.05, 4.69) is 5.32 Å². The van der Waals surface area contributed by atoms with Gasteiger partial charge in [0.15, 0.2) is 0 Å². The molecule has 1 heterocycles. The molecule has 0 aliphatic heterocycles. The van der Waals surface area contributed by atoms with Gasteiger partial charge in [0, 0.05) is 16.0 Å². The van der Waals surface area contributed by atoms with Crippen molar-refractivity contribution in [1.29, 1.82) is 0 Å². The summed E-state index contributed by atoms with van der Waals surface area (Å²) in [5.41, 5.74) is -1.02. The molecule has 0 saturated carbocycles. The quantitative estimate of drug-likeness (QED) is 0.891. The van der Waals surface area contributed by atoms with Gasteiger partial charge in [-0.15, -0.1) is 11.3 Å². The predicted molar refractivity (Wildman–Crippen MR) is 74.7 cm³/mol. The number of benzene rings is 1. The van der Waals surface area contributed by atoms with Gasteiger partial charge < -0.3 is 10.4 Å². The fourth-order valence-corrected chi connectivity index (χ4v) is 2.84. The monoisotopic (exact) mass is 263 g/mol. The number of hydrogen-bond donors (Lipinski definition) is 2. The molecule has 2 aromatic rings. The Labute approximate surface area is 110 Å². The highest BCUT2D eigenvalue weighted by Crippen LogP contribution is 2.32. The second-order valence-electron chi connectivity index (χ2n) is 4.55. The van der Waals surface area contributed by atoms with Crippen LogP contribution in [-0.2, 0) is 10.4 Å². The summed E-state index contributed by atoms with van der Waals surface area (Å²) in [6.07, 6.45) is 0.433. The Morgan fingerprint density at radius 3 is 2.83 bits per heavy atom. The van der Waals surface area contributed by atoms with Gasteiger partial charge in [-0.05, 0) is 24.4 Å². The molecular weight excluding hydrogens is 246 g/mol. The predicted octanol–water partition coefficient (Wildman–Crippen LogP) is 2.64. The van der Waals surface area contributed by atoms with E-state index in [1.165, 1.54) is 0 Å². The van der Waals surface area contributed by atoms with Gasteiger partial charge in [-0.3, -0.25) is 4.79 Å². The summed E-state index contributed by atoms with van der Waals surface area (Å²) >= 11 is 1.56. The maximum absolute atomic E-state index is 11.2. The van der Waals surface area contributed by atoms with Crippen LogP contribution < -0.4 is 5.32 Å². The zero-order valence-corrected chi connectivity index (χ0v) is 11.4. The Morgan fingerprint density at radius 2 is 2.17 bits per heavy atom. The molecule has 2 N–H and O–H groups in total. The number of nitrogens with one attached hydrogen (secondary N) is 1. The number of rotatable bonds is 4. The molecule has 0 aliphatic carbocycles. The van der Waals surface area contributed by atoms with Gasteiger partial charge in [0.2, 0.25) is 5.91 Å². The molecule has 0 spiro atoms. The Bertz CT molecular complexity index is 527. The highest BCUT2D eigenvalue weighted by Gasteiger charge is 2.25. The van der Waals surface area contributed by atoms with Gasteiger partial charge >= 0.3 is 0 Å². The lowest BCUT2D eigenvalue weighted by molar-refractivity contribution is -0.121. The maximum atomic E-state index is 11.2. The first kappa shape index (κ1) is 13.1. The normalized spacial score (nSPS) is 14.4. The van der Waals surface area contributed by atoms with Crippen molar-refractivity contribution in [3.63, 3.8) is 0 Å². The molecule has 1 unspecified atom stereocenters. The minimum atomic E-state index is -1.02. The smallest absolute Gasteiger partial charge is 0.219 e. The van der Waals surface area contributed by atoms with Gasteiger partial charge in [0.05, 0.1) is 6.54 Å². The summed E-state index contributed by atoms with van der Waals surface area (Å²) in [4.78, 5) is 12.1. The van der Waals surface area contributed by atoms with E-state index in [0.29, 0.717) is 6.42 Å². The number of carbonyl (C=O) groups excluding carboxylic acids is 1. The van der Waals surface area contributed by atoms with Crippen LogP contribution in [0.2, 0.25) is 0 Å². The van der Waals surface area contributed by atoms with Crippen molar-refractivity contribution in [1.82, 2.24) is 5.32 Å². The van der Waals surface area contributed by atoms with Crippen molar-refractivity contribution < 1.29 is 9.90 Å². The fraction of sp³-hybridized carbons (Fsp3) is 0.357. The third kappa shape index (κ3) is 2.71. The van der Waals surface area contributed by atoms with E-state index >= 15 is 0 Å². The largest absolute Gasteiger partial charge is 0.383 e. The van der Waals surface area contributed by atoms with Gasteiger partial charge in [-0.2, -0.15) is 0 Å². The first-order chi connectivity index (χ1) is 8.53. The van der Waals surface area contributed by atoms with Crippen LogP contribution in [0, 0.1) is 0 Å². The summed E-state index contributed by atoms with van der Waals surface area (Å²) in [7, 11) is 0. The van der Waals surface area contributed by atoms with E-state index in [4.69, 9.17) is 0 Å². The molecule has 1 amide bonds. The number of amides is 1. The molecule has 0 saturated heterocycles. The lowest BCUT2D eigenvalue weighted by atomic mass is 10.0. The summed E-state index contributed by atoms with van der Waals surface area (Å²) in [5, 5.41) is 14.3. The number of carbonyl (C=O) groups is 1. The second-order valence-corrected chi connectivity index (χ2v) is 5.64. The number of fused-ring (bicyclic) bond motifs is 1. The molecule has 0 aliphatic rings. The molecule has 2 rings (SSSR count). The lowest BCUT2D eigenvalue weighted by Gasteiger charge is -2.22.